The molecule has 1 aromatic rings. The monoisotopic (exact) mass is 449 g/mol. The number of nitrogens with zero attached hydrogens (tertiary/aromatic N) is 4. The topological polar surface area (TPSA) is 116 Å². The first-order valence-electron chi connectivity index (χ1n) is 11.4. The first-order chi connectivity index (χ1) is 14.8. The van der Waals surface area contributed by atoms with Crippen LogP contribution >= 0.6 is 0 Å². The number of aromatic nitrogens is 2. The number of hydrogen-bond donors (Lipinski definition) is 2. The average Bonchev–Trinajstić information content (AvgIpc) is 3.53. The molecule has 3 fully saturated rings. The molecule has 10 heteroatoms. The highest BCUT2D eigenvalue weighted by Crippen LogP contribution is 2.39. The third-order valence-corrected chi connectivity index (χ3v) is 9.63. The normalized spacial score (nSPS) is 30.5. The van der Waals surface area contributed by atoms with E-state index >= 15 is 0 Å². The summed E-state index contributed by atoms with van der Waals surface area (Å²) in [6, 6.07) is -0.177. The molecule has 3 heterocycles. The van der Waals surface area contributed by atoms with Crippen LogP contribution < -0.4 is 10.2 Å². The standard InChI is InChI=1S/C21H31N5O4S/c1-21(28)10-2-3-17(21)26-18(27)7-4-14-13-22-20(24-19(14)26)23-15-8-11-25(12-9-15)31(29,30)16-5-6-16/h13,15-17,28H,2-12H2,1H3,(H,22,23,24)/t17-,21-/m0/s1. The van der Waals surface area contributed by atoms with E-state index in [1.807, 2.05) is 0 Å². The number of aryl methyl sites for hydroxylation is 1. The number of carbonyl (C=O) groups excluding carboxylic acids is 1. The van der Waals surface area contributed by atoms with Gasteiger partial charge in [0, 0.05) is 37.3 Å². The lowest BCUT2D eigenvalue weighted by molar-refractivity contribution is -0.120. The van der Waals surface area contributed by atoms with E-state index in [1.54, 1.807) is 22.3 Å². The fraction of sp³-hybridized carbons (Fsp3) is 0.762. The molecule has 2 N–H and O–H groups in total. The largest absolute Gasteiger partial charge is 0.388 e. The maximum atomic E-state index is 12.8. The van der Waals surface area contributed by atoms with Crippen LogP contribution in [0.4, 0.5) is 11.8 Å². The lowest BCUT2D eigenvalue weighted by Gasteiger charge is -2.39. The highest BCUT2D eigenvalue weighted by Gasteiger charge is 2.45. The molecule has 0 aromatic carbocycles. The van der Waals surface area contributed by atoms with Gasteiger partial charge in [0.1, 0.15) is 5.82 Å². The van der Waals surface area contributed by atoms with E-state index in [2.05, 4.69) is 10.3 Å². The third-order valence-electron chi connectivity index (χ3n) is 7.23. The molecular weight excluding hydrogens is 418 g/mol. The molecule has 1 aromatic heterocycles. The van der Waals surface area contributed by atoms with E-state index in [1.165, 1.54) is 0 Å². The summed E-state index contributed by atoms with van der Waals surface area (Å²) in [5.74, 6) is 1.07. The Labute approximate surface area is 183 Å². The van der Waals surface area contributed by atoms with Crippen molar-refractivity contribution in [2.24, 2.45) is 0 Å². The van der Waals surface area contributed by atoms with Gasteiger partial charge in [-0.05, 0) is 58.3 Å². The molecule has 0 spiro atoms. The van der Waals surface area contributed by atoms with Crippen LogP contribution in [0.2, 0.25) is 0 Å². The molecule has 1 amide bonds. The first-order valence-corrected chi connectivity index (χ1v) is 12.9. The maximum Gasteiger partial charge on any atom is 0.228 e. The van der Waals surface area contributed by atoms with Gasteiger partial charge in [-0.2, -0.15) is 4.98 Å². The van der Waals surface area contributed by atoms with Gasteiger partial charge in [-0.1, -0.05) is 0 Å². The van der Waals surface area contributed by atoms with Crippen molar-refractivity contribution in [1.29, 1.82) is 0 Å². The Hall–Kier alpha value is -1.78. The lowest BCUT2D eigenvalue weighted by Crippen LogP contribution is -2.52. The first kappa shape index (κ1) is 21.1. The quantitative estimate of drug-likeness (QED) is 0.698. The number of carbonyl (C=O) groups is 1. The summed E-state index contributed by atoms with van der Waals surface area (Å²) in [6.45, 7) is 2.82. The number of amides is 1. The van der Waals surface area contributed by atoms with Crippen molar-refractivity contribution in [3.8, 4) is 0 Å². The van der Waals surface area contributed by atoms with Crippen LogP contribution in [0.1, 0.15) is 63.9 Å². The summed E-state index contributed by atoms with van der Waals surface area (Å²) in [6.07, 6.45) is 8.09. The molecule has 9 nitrogen and oxygen atoms in total. The van der Waals surface area contributed by atoms with Crippen molar-refractivity contribution in [2.45, 2.75) is 87.6 Å². The number of nitrogens with one attached hydrogen (secondary N) is 1. The Bertz CT molecular complexity index is 970. The molecule has 2 aliphatic carbocycles. The number of fused-ring (bicyclic) bond motifs is 1. The summed E-state index contributed by atoms with van der Waals surface area (Å²) >= 11 is 0. The van der Waals surface area contributed by atoms with Crippen molar-refractivity contribution in [3.63, 3.8) is 0 Å². The number of aliphatic hydroxyl groups is 1. The Morgan fingerprint density at radius 2 is 1.90 bits per heavy atom. The van der Waals surface area contributed by atoms with Gasteiger partial charge < -0.3 is 10.4 Å². The van der Waals surface area contributed by atoms with Gasteiger partial charge in [-0.25, -0.2) is 17.7 Å². The van der Waals surface area contributed by atoms with Gasteiger partial charge in [-0.3, -0.25) is 9.69 Å². The van der Waals surface area contributed by atoms with Gasteiger partial charge in [-0.15, -0.1) is 0 Å². The summed E-state index contributed by atoms with van der Waals surface area (Å²) in [7, 11) is -3.12. The Balaban J connectivity index is 1.30. The molecule has 5 rings (SSSR count). The molecule has 0 unspecified atom stereocenters. The lowest BCUT2D eigenvalue weighted by atomic mass is 9.95. The van der Waals surface area contributed by atoms with Gasteiger partial charge in [0.2, 0.25) is 21.9 Å². The Kier molecular flexibility index (Phi) is 5.22. The van der Waals surface area contributed by atoms with Crippen LogP contribution in [0.15, 0.2) is 6.20 Å². The zero-order chi connectivity index (χ0) is 21.8. The fourth-order valence-electron chi connectivity index (χ4n) is 5.21. The van der Waals surface area contributed by atoms with Crippen LogP contribution in [0, 0.1) is 0 Å². The van der Waals surface area contributed by atoms with Crippen molar-refractivity contribution < 1.29 is 18.3 Å². The van der Waals surface area contributed by atoms with Gasteiger partial charge in [0.25, 0.3) is 0 Å². The molecule has 0 radical (unpaired) electrons. The second-order valence-corrected chi connectivity index (χ2v) is 11.8. The number of rotatable bonds is 5. The van der Waals surface area contributed by atoms with E-state index in [9.17, 15) is 18.3 Å². The summed E-state index contributed by atoms with van der Waals surface area (Å²) in [5.41, 5.74) is 0.0149. The fourth-order valence-corrected chi connectivity index (χ4v) is 7.08. The highest BCUT2D eigenvalue weighted by molar-refractivity contribution is 7.90. The zero-order valence-corrected chi connectivity index (χ0v) is 18.8. The van der Waals surface area contributed by atoms with E-state index in [-0.39, 0.29) is 23.2 Å². The van der Waals surface area contributed by atoms with Crippen molar-refractivity contribution in [2.75, 3.05) is 23.3 Å². The second kappa shape index (κ2) is 7.67. The van der Waals surface area contributed by atoms with Crippen LogP contribution in [-0.4, -0.2) is 69.7 Å². The Morgan fingerprint density at radius 1 is 1.16 bits per heavy atom. The zero-order valence-electron chi connectivity index (χ0n) is 18.0. The Morgan fingerprint density at radius 3 is 2.55 bits per heavy atom. The van der Waals surface area contributed by atoms with E-state index in [4.69, 9.17) is 4.98 Å². The smallest absolute Gasteiger partial charge is 0.228 e. The average molecular weight is 450 g/mol. The van der Waals surface area contributed by atoms with E-state index in [0.29, 0.717) is 57.0 Å². The van der Waals surface area contributed by atoms with Crippen molar-refractivity contribution >= 4 is 27.7 Å². The number of anilines is 2. The van der Waals surface area contributed by atoms with E-state index in [0.717, 1.165) is 31.2 Å². The molecule has 2 aliphatic heterocycles. The molecule has 1 saturated heterocycles. The van der Waals surface area contributed by atoms with Gasteiger partial charge in [0.05, 0.1) is 16.9 Å². The van der Waals surface area contributed by atoms with Gasteiger partial charge in [0.15, 0.2) is 0 Å². The van der Waals surface area contributed by atoms with Crippen molar-refractivity contribution in [3.05, 3.63) is 11.8 Å². The number of piperidine rings is 1. The molecule has 170 valence electrons. The molecule has 31 heavy (non-hydrogen) atoms. The number of hydrogen-bond acceptors (Lipinski definition) is 7. The molecular formula is C21H31N5O4S. The van der Waals surface area contributed by atoms with Crippen LogP contribution in [0.3, 0.4) is 0 Å². The molecule has 2 atom stereocenters. The van der Waals surface area contributed by atoms with Crippen LogP contribution in [0.25, 0.3) is 0 Å². The SMILES string of the molecule is C[C@]1(O)CCC[C@@H]1N1C(=O)CCc2cnc(NC3CCN(S(=O)(=O)C4CC4)CC3)nc21. The highest BCUT2D eigenvalue weighted by atomic mass is 32.2. The van der Waals surface area contributed by atoms with E-state index < -0.39 is 15.6 Å². The summed E-state index contributed by atoms with van der Waals surface area (Å²) in [4.78, 5) is 23.6. The second-order valence-electron chi connectivity index (χ2n) is 9.63. The van der Waals surface area contributed by atoms with Crippen LogP contribution in [0.5, 0.6) is 0 Å². The van der Waals surface area contributed by atoms with Gasteiger partial charge >= 0.3 is 0 Å². The minimum atomic E-state index is -3.12. The predicted molar refractivity (Wildman–Crippen MR) is 116 cm³/mol. The van der Waals surface area contributed by atoms with Crippen molar-refractivity contribution in [1.82, 2.24) is 14.3 Å². The summed E-state index contributed by atoms with van der Waals surface area (Å²) in [5, 5.41) is 14.0. The predicted octanol–water partition coefficient (Wildman–Crippen LogP) is 1.43. The van der Waals surface area contributed by atoms with Crippen LogP contribution in [-0.2, 0) is 21.2 Å². The minimum absolute atomic E-state index is 0.00270. The molecule has 4 aliphatic rings. The summed E-state index contributed by atoms with van der Waals surface area (Å²) < 4.78 is 26.5. The maximum absolute atomic E-state index is 12.8. The molecule has 2 saturated carbocycles. The molecule has 0 bridgehead atoms. The number of sulfonamides is 1. The minimum Gasteiger partial charge on any atom is -0.388 e. The third kappa shape index (κ3) is 3.93.